The van der Waals surface area contributed by atoms with Crippen LogP contribution in [0.25, 0.3) is 0 Å². The van der Waals surface area contributed by atoms with Crippen LogP contribution in [0.3, 0.4) is 0 Å². The highest BCUT2D eigenvalue weighted by molar-refractivity contribution is 5.94. The summed E-state index contributed by atoms with van der Waals surface area (Å²) in [5, 5.41) is 12.9. The summed E-state index contributed by atoms with van der Waals surface area (Å²) in [6, 6.07) is 5.68. The van der Waals surface area contributed by atoms with Gasteiger partial charge in [-0.05, 0) is 45.0 Å². The number of aromatic hydroxyl groups is 1. The van der Waals surface area contributed by atoms with E-state index in [9.17, 15) is 19.1 Å². The number of nitrogens with zero attached hydrogens (tertiary/aromatic N) is 3. The second-order valence-electron chi connectivity index (χ2n) is 7.09. The molecule has 0 bridgehead atoms. The molecule has 7 nitrogen and oxygen atoms in total. The molecule has 1 unspecified atom stereocenters. The molecule has 1 aromatic heterocycles. The molecule has 2 heterocycles. The fourth-order valence-electron chi connectivity index (χ4n) is 3.72. The number of benzene rings is 1. The minimum absolute atomic E-state index is 0.125. The van der Waals surface area contributed by atoms with E-state index in [0.29, 0.717) is 17.9 Å². The highest BCUT2D eigenvalue weighted by Crippen LogP contribution is 2.39. The summed E-state index contributed by atoms with van der Waals surface area (Å²) < 4.78 is 14.4. The number of carbonyl (C=O) groups excluding carboxylic acids is 1. The lowest BCUT2D eigenvalue weighted by Crippen LogP contribution is -2.37. The summed E-state index contributed by atoms with van der Waals surface area (Å²) in [5.74, 6) is -1.26. The van der Waals surface area contributed by atoms with Crippen molar-refractivity contribution >= 4 is 5.91 Å². The van der Waals surface area contributed by atoms with E-state index >= 15 is 0 Å². The summed E-state index contributed by atoms with van der Waals surface area (Å²) in [4.78, 5) is 31.6. The van der Waals surface area contributed by atoms with Crippen molar-refractivity contribution in [2.24, 2.45) is 0 Å². The zero-order valence-corrected chi connectivity index (χ0v) is 15.8. The van der Waals surface area contributed by atoms with E-state index in [0.717, 1.165) is 0 Å². The minimum atomic E-state index is -0.670. The molecule has 0 saturated heterocycles. The molecule has 0 fully saturated rings. The Morgan fingerprint density at radius 3 is 2.56 bits per heavy atom. The number of amides is 1. The molecule has 0 aliphatic carbocycles. The Morgan fingerprint density at radius 1 is 1.33 bits per heavy atom. The van der Waals surface area contributed by atoms with Crippen LogP contribution in [0.15, 0.2) is 29.1 Å². The highest BCUT2D eigenvalue weighted by Gasteiger charge is 2.44. The summed E-state index contributed by atoms with van der Waals surface area (Å²) >= 11 is 0. The number of rotatable bonds is 4. The van der Waals surface area contributed by atoms with E-state index < -0.39 is 22.8 Å². The molecule has 1 amide bonds. The molecule has 3 rings (SSSR count). The molecule has 2 N–H and O–H groups in total. The first-order chi connectivity index (χ1) is 12.7. The van der Waals surface area contributed by atoms with Crippen molar-refractivity contribution in [2.75, 3.05) is 6.54 Å². The molecule has 0 spiro atoms. The summed E-state index contributed by atoms with van der Waals surface area (Å²) in [5.41, 5.74) is -0.809. The largest absolute Gasteiger partial charge is 0.501 e. The predicted molar refractivity (Wildman–Crippen MR) is 97.8 cm³/mol. The molecule has 144 valence electrons. The van der Waals surface area contributed by atoms with Crippen LogP contribution in [0.4, 0.5) is 4.39 Å². The first-order valence-electron chi connectivity index (χ1n) is 8.83. The SMILES string of the molecule is CCN1C(C)n2c(nc(C(=O)NCc3ccc(F)cc3)c(O)c2=O)C1(C)C. The first kappa shape index (κ1) is 19.0. The lowest BCUT2D eigenvalue weighted by Gasteiger charge is -2.31. The van der Waals surface area contributed by atoms with E-state index in [4.69, 9.17) is 0 Å². The van der Waals surface area contributed by atoms with Gasteiger partial charge in [-0.3, -0.25) is 19.1 Å². The van der Waals surface area contributed by atoms with Crippen LogP contribution >= 0.6 is 0 Å². The average Bonchev–Trinajstić information content (AvgIpc) is 2.82. The Balaban J connectivity index is 1.94. The molecule has 0 saturated carbocycles. The Morgan fingerprint density at radius 2 is 1.96 bits per heavy atom. The molecule has 1 aliphatic rings. The maximum atomic E-state index is 13.0. The maximum absolute atomic E-state index is 13.0. The van der Waals surface area contributed by atoms with Crippen LogP contribution in [0.1, 0.15) is 55.7 Å². The van der Waals surface area contributed by atoms with Crippen molar-refractivity contribution in [3.05, 3.63) is 57.5 Å². The van der Waals surface area contributed by atoms with Gasteiger partial charge in [0.1, 0.15) is 11.6 Å². The number of hydrogen-bond acceptors (Lipinski definition) is 5. The van der Waals surface area contributed by atoms with E-state index in [1.807, 2.05) is 27.7 Å². The molecule has 1 aliphatic heterocycles. The number of nitrogens with one attached hydrogen (secondary N) is 1. The summed E-state index contributed by atoms with van der Waals surface area (Å²) in [6.07, 6.45) is -0.276. The van der Waals surface area contributed by atoms with Crippen LogP contribution in [0.5, 0.6) is 5.75 Å². The molecule has 1 aromatic carbocycles. The third-order valence-electron chi connectivity index (χ3n) is 5.10. The number of carbonyl (C=O) groups is 1. The van der Waals surface area contributed by atoms with Gasteiger partial charge in [-0.15, -0.1) is 0 Å². The molecule has 0 radical (unpaired) electrons. The predicted octanol–water partition coefficient (Wildman–Crippen LogP) is 2.11. The van der Waals surface area contributed by atoms with Crippen molar-refractivity contribution in [1.29, 1.82) is 0 Å². The Hall–Kier alpha value is -2.74. The van der Waals surface area contributed by atoms with E-state index in [1.54, 1.807) is 12.1 Å². The van der Waals surface area contributed by atoms with Gasteiger partial charge in [0.15, 0.2) is 5.69 Å². The fraction of sp³-hybridized carbons (Fsp3) is 0.421. The standard InChI is InChI=1S/C19H23FN4O3/c1-5-23-11(2)24-17(27)15(25)14(22-18(24)19(23,3)4)16(26)21-10-12-6-8-13(20)9-7-12/h6-9,11,25H,5,10H2,1-4H3,(H,21,26). The second kappa shape index (κ2) is 6.77. The van der Waals surface area contributed by atoms with Crippen LogP contribution in [-0.4, -0.2) is 32.0 Å². The second-order valence-corrected chi connectivity index (χ2v) is 7.09. The van der Waals surface area contributed by atoms with Gasteiger partial charge < -0.3 is 10.4 Å². The van der Waals surface area contributed by atoms with E-state index in [-0.39, 0.29) is 24.2 Å². The Labute approximate surface area is 156 Å². The van der Waals surface area contributed by atoms with Crippen molar-refractivity contribution in [3.63, 3.8) is 0 Å². The van der Waals surface area contributed by atoms with Gasteiger partial charge in [0, 0.05) is 6.54 Å². The van der Waals surface area contributed by atoms with E-state index in [2.05, 4.69) is 15.2 Å². The van der Waals surface area contributed by atoms with Crippen molar-refractivity contribution in [1.82, 2.24) is 19.8 Å². The van der Waals surface area contributed by atoms with Gasteiger partial charge >= 0.3 is 0 Å². The van der Waals surface area contributed by atoms with Crippen LogP contribution in [0.2, 0.25) is 0 Å². The maximum Gasteiger partial charge on any atom is 0.297 e. The van der Waals surface area contributed by atoms with Crippen molar-refractivity contribution in [2.45, 2.75) is 45.9 Å². The molecule has 27 heavy (non-hydrogen) atoms. The summed E-state index contributed by atoms with van der Waals surface area (Å²) in [7, 11) is 0. The normalized spacial score (nSPS) is 18.3. The molecule has 8 heteroatoms. The molecular formula is C19H23FN4O3. The van der Waals surface area contributed by atoms with Gasteiger partial charge in [-0.25, -0.2) is 9.37 Å². The quantitative estimate of drug-likeness (QED) is 0.856. The summed E-state index contributed by atoms with van der Waals surface area (Å²) in [6.45, 7) is 8.50. The van der Waals surface area contributed by atoms with Gasteiger partial charge in [-0.2, -0.15) is 0 Å². The van der Waals surface area contributed by atoms with Gasteiger partial charge in [0.2, 0.25) is 5.75 Å². The Bertz CT molecular complexity index is 937. The van der Waals surface area contributed by atoms with Crippen molar-refractivity contribution < 1.29 is 14.3 Å². The lowest BCUT2D eigenvalue weighted by molar-refractivity contribution is 0.0913. The highest BCUT2D eigenvalue weighted by atomic mass is 19.1. The third-order valence-corrected chi connectivity index (χ3v) is 5.10. The third kappa shape index (κ3) is 3.10. The number of halogens is 1. The van der Waals surface area contributed by atoms with Crippen LogP contribution in [0, 0.1) is 5.82 Å². The first-order valence-corrected chi connectivity index (χ1v) is 8.83. The topological polar surface area (TPSA) is 87.5 Å². The van der Waals surface area contributed by atoms with Gasteiger partial charge in [0.05, 0.1) is 11.7 Å². The Kier molecular flexibility index (Phi) is 4.77. The van der Waals surface area contributed by atoms with E-state index in [1.165, 1.54) is 16.7 Å². The number of fused-ring (bicyclic) bond motifs is 1. The minimum Gasteiger partial charge on any atom is -0.501 e. The molecular weight excluding hydrogens is 351 g/mol. The zero-order chi connectivity index (χ0) is 19.9. The monoisotopic (exact) mass is 374 g/mol. The van der Waals surface area contributed by atoms with Crippen LogP contribution < -0.4 is 10.9 Å². The number of aromatic nitrogens is 2. The zero-order valence-electron chi connectivity index (χ0n) is 15.8. The molecule has 1 atom stereocenters. The lowest BCUT2D eigenvalue weighted by atomic mass is 10.0. The van der Waals surface area contributed by atoms with Gasteiger partial charge in [-0.1, -0.05) is 19.1 Å². The number of hydrogen-bond donors (Lipinski definition) is 2. The average molecular weight is 374 g/mol. The smallest absolute Gasteiger partial charge is 0.297 e. The fourth-order valence-corrected chi connectivity index (χ4v) is 3.72. The van der Waals surface area contributed by atoms with Gasteiger partial charge in [0.25, 0.3) is 11.5 Å². The van der Waals surface area contributed by atoms with Crippen molar-refractivity contribution in [3.8, 4) is 5.75 Å². The molecule has 2 aromatic rings. The van der Waals surface area contributed by atoms with Crippen LogP contribution in [-0.2, 0) is 12.1 Å².